The minimum Gasteiger partial charge on any atom is -0.352 e. The molecule has 0 saturated heterocycles. The molecule has 1 N–H and O–H groups in total. The number of para-hydroxylation sites is 2. The zero-order valence-corrected chi connectivity index (χ0v) is 19.4. The number of hydrogen-bond acceptors (Lipinski definition) is 4. The zero-order valence-electron chi connectivity index (χ0n) is 18.5. The van der Waals surface area contributed by atoms with Crippen LogP contribution in [-0.4, -0.2) is 32.7 Å². The summed E-state index contributed by atoms with van der Waals surface area (Å²) in [7, 11) is -4.02. The van der Waals surface area contributed by atoms with Crippen LogP contribution in [0.3, 0.4) is 0 Å². The van der Waals surface area contributed by atoms with E-state index in [0.29, 0.717) is 0 Å². The van der Waals surface area contributed by atoms with Gasteiger partial charge in [0.25, 0.3) is 10.1 Å². The van der Waals surface area contributed by atoms with Crippen LogP contribution in [0.25, 0.3) is 0 Å². The average Bonchev–Trinajstić information content (AvgIpc) is 3.09. The number of benzene rings is 2. The molecule has 6 heteroatoms. The summed E-state index contributed by atoms with van der Waals surface area (Å²) in [5.41, 5.74) is 3.80. The van der Waals surface area contributed by atoms with E-state index >= 15 is 0 Å². The predicted molar refractivity (Wildman–Crippen MR) is 126 cm³/mol. The maximum Gasteiger partial charge on any atom is 0.294 e. The molecule has 5 nitrogen and oxygen atoms in total. The van der Waals surface area contributed by atoms with Crippen molar-refractivity contribution in [3.63, 3.8) is 0 Å². The van der Waals surface area contributed by atoms with Crippen molar-refractivity contribution in [2.24, 2.45) is 0 Å². The second-order valence-electron chi connectivity index (χ2n) is 7.81. The van der Waals surface area contributed by atoms with Crippen molar-refractivity contribution in [1.29, 1.82) is 0 Å². The monoisotopic (exact) mass is 432 g/mol. The first-order valence-corrected chi connectivity index (χ1v) is 12.4. The molecule has 1 heterocycles. The molecular formula is C24H36N2O3S. The van der Waals surface area contributed by atoms with E-state index < -0.39 is 10.1 Å². The third-order valence-corrected chi connectivity index (χ3v) is 6.25. The lowest BCUT2D eigenvalue weighted by Gasteiger charge is -2.20. The maximum atomic E-state index is 10.5. The molecule has 0 bridgehead atoms. The fraction of sp³-hybridized carbons (Fsp3) is 0.500. The fourth-order valence-corrected chi connectivity index (χ4v) is 4.09. The highest BCUT2D eigenvalue weighted by molar-refractivity contribution is 7.85. The number of fused-ring (bicyclic) bond motifs is 1. The van der Waals surface area contributed by atoms with Crippen molar-refractivity contribution >= 4 is 21.5 Å². The van der Waals surface area contributed by atoms with Gasteiger partial charge in [-0.25, -0.2) is 0 Å². The van der Waals surface area contributed by atoms with Gasteiger partial charge in [-0.05, 0) is 44.5 Å². The van der Waals surface area contributed by atoms with E-state index in [9.17, 15) is 8.42 Å². The van der Waals surface area contributed by atoms with Crippen molar-refractivity contribution in [3.8, 4) is 0 Å². The Kier molecular flexibility index (Phi) is 9.66. The molecule has 0 amide bonds. The first-order valence-electron chi connectivity index (χ1n) is 11.0. The molecule has 0 fully saturated rings. The molecule has 0 aliphatic carbocycles. The number of rotatable bonds is 9. The molecule has 0 atom stereocenters. The van der Waals surface area contributed by atoms with Crippen LogP contribution in [-0.2, 0) is 10.1 Å². The highest BCUT2D eigenvalue weighted by Crippen LogP contribution is 2.35. The van der Waals surface area contributed by atoms with Crippen LogP contribution in [0.5, 0.6) is 0 Å². The number of unbranched alkanes of at least 4 members (excludes halogenated alkanes) is 5. The lowest BCUT2D eigenvalue weighted by atomic mass is 10.1. The number of hydrogen-bond donors (Lipinski definition) is 1. The van der Waals surface area contributed by atoms with Crippen LogP contribution >= 0.6 is 0 Å². The van der Waals surface area contributed by atoms with E-state index in [1.54, 1.807) is 12.1 Å². The molecular weight excluding hydrogens is 396 g/mol. The Morgan fingerprint density at radius 1 is 0.833 bits per heavy atom. The number of anilines is 2. The quantitative estimate of drug-likeness (QED) is 0.395. The molecule has 3 rings (SSSR count). The average molecular weight is 433 g/mol. The van der Waals surface area contributed by atoms with Crippen LogP contribution in [0.4, 0.5) is 11.4 Å². The Balaban J connectivity index is 0.000000248. The molecule has 0 aromatic heterocycles. The molecule has 2 aromatic carbocycles. The Bertz CT molecular complexity index is 866. The summed E-state index contributed by atoms with van der Waals surface area (Å²) in [6.45, 7) is 9.74. The lowest BCUT2D eigenvalue weighted by molar-refractivity contribution is 0.483. The summed E-state index contributed by atoms with van der Waals surface area (Å²) < 4.78 is 29.6. The van der Waals surface area contributed by atoms with Crippen LogP contribution in [0.1, 0.15) is 57.9 Å². The number of aryl methyl sites for hydroxylation is 1. The summed E-state index contributed by atoms with van der Waals surface area (Å²) in [5.74, 6) is 0. The normalized spacial score (nSPS) is 13.1. The third kappa shape index (κ3) is 7.33. The second-order valence-corrected chi connectivity index (χ2v) is 9.23. The summed E-state index contributed by atoms with van der Waals surface area (Å²) >= 11 is 0. The molecule has 1 aliphatic heterocycles. The van der Waals surface area contributed by atoms with Gasteiger partial charge in [-0.2, -0.15) is 8.42 Å². The first kappa shape index (κ1) is 24.2. The molecule has 1 aliphatic rings. The SMILES string of the molecule is CCCCCCCCN1CN(CC)c2ccccc21.Cc1ccc(S(=O)(=O)O)cc1. The molecule has 0 radical (unpaired) electrons. The van der Waals surface area contributed by atoms with Gasteiger partial charge in [0.2, 0.25) is 0 Å². The molecule has 166 valence electrons. The smallest absolute Gasteiger partial charge is 0.294 e. The van der Waals surface area contributed by atoms with Gasteiger partial charge in [0.05, 0.1) is 22.9 Å². The van der Waals surface area contributed by atoms with Gasteiger partial charge in [-0.1, -0.05) is 68.9 Å². The van der Waals surface area contributed by atoms with E-state index in [-0.39, 0.29) is 4.90 Å². The van der Waals surface area contributed by atoms with Crippen molar-refractivity contribution in [3.05, 3.63) is 54.1 Å². The van der Waals surface area contributed by atoms with Gasteiger partial charge in [-0.15, -0.1) is 0 Å². The van der Waals surface area contributed by atoms with Gasteiger partial charge in [0.1, 0.15) is 0 Å². The standard InChI is InChI=1S/C17H28N2.C7H8O3S/c1-3-5-6-7-8-11-14-19-15-18(4-2)16-12-9-10-13-17(16)19;1-6-2-4-7(5-3-6)11(8,9)10/h9-10,12-13H,3-8,11,14-15H2,1-2H3;2-5H,1H3,(H,8,9,10). The maximum absolute atomic E-state index is 10.5. The summed E-state index contributed by atoms with van der Waals surface area (Å²) in [6, 6.07) is 14.8. The highest BCUT2D eigenvalue weighted by atomic mass is 32.2. The van der Waals surface area contributed by atoms with Gasteiger partial charge in [0, 0.05) is 13.1 Å². The van der Waals surface area contributed by atoms with Gasteiger partial charge in [0.15, 0.2) is 0 Å². The largest absolute Gasteiger partial charge is 0.352 e. The van der Waals surface area contributed by atoms with Gasteiger partial charge < -0.3 is 9.80 Å². The third-order valence-electron chi connectivity index (χ3n) is 5.39. The first-order chi connectivity index (χ1) is 14.4. The minimum atomic E-state index is -4.02. The van der Waals surface area contributed by atoms with Crippen LogP contribution in [0, 0.1) is 6.92 Å². The Morgan fingerprint density at radius 2 is 1.40 bits per heavy atom. The molecule has 2 aromatic rings. The molecule has 0 saturated carbocycles. The zero-order chi connectivity index (χ0) is 22.0. The highest BCUT2D eigenvalue weighted by Gasteiger charge is 2.23. The van der Waals surface area contributed by atoms with E-state index in [4.69, 9.17) is 4.55 Å². The topological polar surface area (TPSA) is 60.9 Å². The minimum absolute atomic E-state index is 0.0666. The van der Waals surface area contributed by atoms with Crippen LogP contribution in [0.15, 0.2) is 53.4 Å². The van der Waals surface area contributed by atoms with Crippen molar-refractivity contribution in [1.82, 2.24) is 0 Å². The van der Waals surface area contributed by atoms with E-state index in [2.05, 4.69) is 47.9 Å². The van der Waals surface area contributed by atoms with E-state index in [1.165, 1.54) is 68.6 Å². The van der Waals surface area contributed by atoms with Gasteiger partial charge in [-0.3, -0.25) is 4.55 Å². The molecule has 30 heavy (non-hydrogen) atoms. The van der Waals surface area contributed by atoms with Crippen molar-refractivity contribution < 1.29 is 13.0 Å². The summed E-state index contributed by atoms with van der Waals surface area (Å²) in [6.07, 6.45) is 8.26. The molecule has 0 spiro atoms. The van der Waals surface area contributed by atoms with Crippen molar-refractivity contribution in [2.75, 3.05) is 29.6 Å². The summed E-state index contributed by atoms with van der Waals surface area (Å²) in [5, 5.41) is 0. The van der Waals surface area contributed by atoms with E-state index in [1.807, 2.05) is 6.92 Å². The lowest BCUT2D eigenvalue weighted by Crippen LogP contribution is -2.31. The second kappa shape index (κ2) is 12.0. The Labute approximate surface area is 182 Å². The van der Waals surface area contributed by atoms with Gasteiger partial charge >= 0.3 is 0 Å². The summed E-state index contributed by atoms with van der Waals surface area (Å²) in [4.78, 5) is 4.94. The predicted octanol–water partition coefficient (Wildman–Crippen LogP) is 5.89. The van der Waals surface area contributed by atoms with Crippen molar-refractivity contribution in [2.45, 2.75) is 64.2 Å². The van der Waals surface area contributed by atoms with Crippen LogP contribution in [0.2, 0.25) is 0 Å². The Morgan fingerprint density at radius 3 is 1.97 bits per heavy atom. The van der Waals surface area contributed by atoms with E-state index in [0.717, 1.165) is 18.8 Å². The number of nitrogens with zero attached hydrogens (tertiary/aromatic N) is 2. The molecule has 0 unspecified atom stereocenters. The van der Waals surface area contributed by atoms with Crippen LogP contribution < -0.4 is 9.80 Å². The fourth-order valence-electron chi connectivity index (χ4n) is 3.61. The Hall–Kier alpha value is -2.05.